The van der Waals surface area contributed by atoms with E-state index in [0.717, 1.165) is 31.8 Å². The monoisotopic (exact) mass is 282 g/mol. The van der Waals surface area contributed by atoms with Crippen LogP contribution in [0.4, 0.5) is 0 Å². The third-order valence-corrected chi connectivity index (χ3v) is 5.45. The zero-order chi connectivity index (χ0) is 14.4. The number of hydrogen-bond acceptors (Lipinski definition) is 3. The maximum atomic E-state index is 9.92. The van der Waals surface area contributed by atoms with E-state index < -0.39 is 0 Å². The number of likely N-dealkylation sites (tertiary alicyclic amines) is 1. The van der Waals surface area contributed by atoms with Gasteiger partial charge in [-0.3, -0.25) is 4.90 Å². The summed E-state index contributed by atoms with van der Waals surface area (Å²) in [7, 11) is 0. The molecule has 0 aromatic carbocycles. The molecule has 1 heterocycles. The van der Waals surface area contributed by atoms with Gasteiger partial charge in [-0.1, -0.05) is 19.8 Å². The Morgan fingerprint density at radius 2 is 2.05 bits per heavy atom. The van der Waals surface area contributed by atoms with Crippen LogP contribution in [-0.2, 0) is 0 Å². The van der Waals surface area contributed by atoms with Crippen molar-refractivity contribution in [3.05, 3.63) is 0 Å². The molecule has 0 radical (unpaired) electrons. The number of rotatable bonds is 5. The normalized spacial score (nSPS) is 36.8. The van der Waals surface area contributed by atoms with E-state index in [4.69, 9.17) is 0 Å². The van der Waals surface area contributed by atoms with Gasteiger partial charge in [-0.2, -0.15) is 0 Å². The van der Waals surface area contributed by atoms with Gasteiger partial charge in [0.1, 0.15) is 0 Å². The molecule has 2 aliphatic rings. The van der Waals surface area contributed by atoms with Crippen molar-refractivity contribution in [2.24, 2.45) is 0 Å². The Morgan fingerprint density at radius 1 is 1.20 bits per heavy atom. The number of aliphatic hydroxyl groups excluding tert-OH is 1. The summed E-state index contributed by atoms with van der Waals surface area (Å²) in [6.07, 6.45) is 11.5. The molecule has 0 spiro atoms. The molecule has 2 fully saturated rings. The molecule has 3 atom stereocenters. The van der Waals surface area contributed by atoms with Gasteiger partial charge < -0.3 is 10.4 Å². The van der Waals surface area contributed by atoms with E-state index in [1.807, 2.05) is 0 Å². The molecule has 2 rings (SSSR count). The highest BCUT2D eigenvalue weighted by atomic mass is 16.3. The van der Waals surface area contributed by atoms with Crippen molar-refractivity contribution >= 4 is 0 Å². The first-order chi connectivity index (χ1) is 9.71. The molecule has 2 N–H and O–H groups in total. The average Bonchev–Trinajstić information content (AvgIpc) is 2.70. The Hall–Kier alpha value is -0.120. The fraction of sp³-hybridized carbons (Fsp3) is 1.00. The molecule has 0 aromatic rings. The van der Waals surface area contributed by atoms with Gasteiger partial charge in [-0.25, -0.2) is 0 Å². The fourth-order valence-corrected chi connectivity index (χ4v) is 4.20. The summed E-state index contributed by atoms with van der Waals surface area (Å²) in [5.41, 5.74) is -0.00898. The molecule has 3 heteroatoms. The summed E-state index contributed by atoms with van der Waals surface area (Å²) in [5.74, 6) is 0. The van der Waals surface area contributed by atoms with Crippen LogP contribution < -0.4 is 5.32 Å². The Balaban J connectivity index is 2.00. The summed E-state index contributed by atoms with van der Waals surface area (Å²) >= 11 is 0. The third-order valence-electron chi connectivity index (χ3n) is 5.45. The third kappa shape index (κ3) is 3.96. The van der Waals surface area contributed by atoms with Crippen molar-refractivity contribution in [2.45, 2.75) is 89.3 Å². The average molecular weight is 282 g/mol. The van der Waals surface area contributed by atoms with Crippen molar-refractivity contribution in [3.8, 4) is 0 Å². The fourth-order valence-electron chi connectivity index (χ4n) is 4.20. The minimum atomic E-state index is -0.00898. The van der Waals surface area contributed by atoms with Gasteiger partial charge in [0.15, 0.2) is 0 Å². The van der Waals surface area contributed by atoms with Gasteiger partial charge in [0, 0.05) is 17.6 Å². The summed E-state index contributed by atoms with van der Waals surface area (Å²) in [6, 6.07) is 1.40. The summed E-state index contributed by atoms with van der Waals surface area (Å²) in [4.78, 5) is 2.75. The maximum absolute atomic E-state index is 9.92. The van der Waals surface area contributed by atoms with E-state index in [9.17, 15) is 5.11 Å². The lowest BCUT2D eigenvalue weighted by molar-refractivity contribution is 0.0433. The molecule has 1 saturated heterocycles. The predicted molar refractivity (Wildman–Crippen MR) is 85.0 cm³/mol. The van der Waals surface area contributed by atoms with Crippen LogP contribution in [0.1, 0.15) is 71.6 Å². The summed E-state index contributed by atoms with van der Waals surface area (Å²) in [6.45, 7) is 7.20. The van der Waals surface area contributed by atoms with Crippen LogP contribution in [0.5, 0.6) is 0 Å². The largest absolute Gasteiger partial charge is 0.394 e. The van der Waals surface area contributed by atoms with Gasteiger partial charge >= 0.3 is 0 Å². The molecule has 118 valence electrons. The van der Waals surface area contributed by atoms with E-state index in [1.165, 1.54) is 45.1 Å². The second-order valence-electron chi connectivity index (χ2n) is 7.05. The molecule has 1 aliphatic heterocycles. The minimum absolute atomic E-state index is 0.00898. The lowest BCUT2D eigenvalue weighted by atomic mass is 9.78. The van der Waals surface area contributed by atoms with Gasteiger partial charge in [-0.05, 0) is 65.0 Å². The van der Waals surface area contributed by atoms with Crippen LogP contribution in [0.3, 0.4) is 0 Å². The second kappa shape index (κ2) is 7.77. The first-order valence-corrected chi connectivity index (χ1v) is 8.82. The first-order valence-electron chi connectivity index (χ1n) is 8.82. The number of hydrogen-bond donors (Lipinski definition) is 2. The van der Waals surface area contributed by atoms with E-state index in [1.54, 1.807) is 0 Å². The summed E-state index contributed by atoms with van der Waals surface area (Å²) < 4.78 is 0. The van der Waals surface area contributed by atoms with Gasteiger partial charge in [0.2, 0.25) is 0 Å². The zero-order valence-electron chi connectivity index (χ0n) is 13.5. The van der Waals surface area contributed by atoms with E-state index in [-0.39, 0.29) is 5.54 Å². The topological polar surface area (TPSA) is 35.5 Å². The molecule has 20 heavy (non-hydrogen) atoms. The lowest BCUT2D eigenvalue weighted by Gasteiger charge is -2.46. The smallest absolute Gasteiger partial charge is 0.0613 e. The lowest BCUT2D eigenvalue weighted by Crippen LogP contribution is -2.57. The Morgan fingerprint density at radius 3 is 2.80 bits per heavy atom. The van der Waals surface area contributed by atoms with Crippen molar-refractivity contribution in [2.75, 3.05) is 19.7 Å². The molecular formula is C17H34N2O. The Bertz CT molecular complexity index is 284. The minimum Gasteiger partial charge on any atom is -0.394 e. The maximum Gasteiger partial charge on any atom is 0.0613 e. The van der Waals surface area contributed by atoms with Crippen LogP contribution in [-0.4, -0.2) is 47.3 Å². The van der Waals surface area contributed by atoms with Gasteiger partial charge in [0.05, 0.1) is 6.61 Å². The number of nitrogens with zero attached hydrogens (tertiary/aromatic N) is 1. The Labute approximate surface area is 125 Å². The molecule has 0 amide bonds. The van der Waals surface area contributed by atoms with E-state index in [0.29, 0.717) is 12.6 Å². The van der Waals surface area contributed by atoms with Crippen LogP contribution in [0.2, 0.25) is 0 Å². The molecule has 0 aromatic heterocycles. The number of nitrogens with one attached hydrogen (secondary N) is 1. The highest BCUT2D eigenvalue weighted by molar-refractivity contribution is 4.97. The zero-order valence-corrected chi connectivity index (χ0v) is 13.5. The summed E-state index contributed by atoms with van der Waals surface area (Å²) in [5, 5.41) is 13.6. The molecular weight excluding hydrogens is 248 g/mol. The molecule has 0 bridgehead atoms. The van der Waals surface area contributed by atoms with E-state index >= 15 is 0 Å². The quantitative estimate of drug-likeness (QED) is 0.814. The van der Waals surface area contributed by atoms with Crippen molar-refractivity contribution in [3.63, 3.8) is 0 Å². The molecule has 3 unspecified atom stereocenters. The van der Waals surface area contributed by atoms with Crippen LogP contribution >= 0.6 is 0 Å². The van der Waals surface area contributed by atoms with Crippen LogP contribution in [0, 0.1) is 0 Å². The van der Waals surface area contributed by atoms with Crippen molar-refractivity contribution in [1.29, 1.82) is 0 Å². The Kier molecular flexibility index (Phi) is 6.31. The first kappa shape index (κ1) is 16.3. The molecule has 1 saturated carbocycles. The van der Waals surface area contributed by atoms with Crippen molar-refractivity contribution < 1.29 is 5.11 Å². The van der Waals surface area contributed by atoms with Crippen LogP contribution in [0.15, 0.2) is 0 Å². The standard InChI is InChI=1S/C17H34N2O/c1-3-11-18-17(14-20)10-7-9-16(13-17)19-12-6-4-5-8-15(19)2/h15-16,18,20H,3-14H2,1-2H3. The predicted octanol–water partition coefficient (Wildman–Crippen LogP) is 2.92. The highest BCUT2D eigenvalue weighted by Gasteiger charge is 2.38. The molecule has 3 nitrogen and oxygen atoms in total. The number of aliphatic hydroxyl groups is 1. The van der Waals surface area contributed by atoms with Crippen LogP contribution in [0.25, 0.3) is 0 Å². The van der Waals surface area contributed by atoms with Crippen molar-refractivity contribution in [1.82, 2.24) is 10.2 Å². The highest BCUT2D eigenvalue weighted by Crippen LogP contribution is 2.33. The van der Waals surface area contributed by atoms with Gasteiger partial charge in [0.25, 0.3) is 0 Å². The SMILES string of the molecule is CCCNC1(CO)CCCC(N2CCCCCC2C)C1. The van der Waals surface area contributed by atoms with Gasteiger partial charge in [-0.15, -0.1) is 0 Å². The molecule has 1 aliphatic carbocycles. The van der Waals surface area contributed by atoms with E-state index in [2.05, 4.69) is 24.1 Å². The second-order valence-corrected chi connectivity index (χ2v) is 7.05.